The summed E-state index contributed by atoms with van der Waals surface area (Å²) in [6.07, 6.45) is 4.21. The number of hydrogen-bond donors (Lipinski definition) is 1. The number of carbonyl (C=O) groups excluding carboxylic acids is 1. The summed E-state index contributed by atoms with van der Waals surface area (Å²) < 4.78 is 1.90. The minimum Gasteiger partial charge on any atom is -0.316 e. The van der Waals surface area contributed by atoms with E-state index in [1.165, 1.54) is 16.6 Å². The summed E-state index contributed by atoms with van der Waals surface area (Å²) in [5.41, 5.74) is 3.94. The Bertz CT molecular complexity index is 1160. The number of amides is 1. The number of nitrogens with one attached hydrogen (secondary N) is 1. The number of fused-ring (bicyclic) bond motifs is 1. The molecule has 1 N–H and O–H groups in total. The van der Waals surface area contributed by atoms with Crippen LogP contribution in [0.3, 0.4) is 0 Å². The predicted octanol–water partition coefficient (Wildman–Crippen LogP) is 4.97. The number of aromatic nitrogens is 3. The van der Waals surface area contributed by atoms with Crippen LogP contribution in [0, 0.1) is 24.2 Å². The normalized spacial score (nSPS) is 15.4. The number of thiophene rings is 1. The van der Waals surface area contributed by atoms with Gasteiger partial charge in [0.1, 0.15) is 11.1 Å². The zero-order chi connectivity index (χ0) is 22.0. The molecule has 2 aromatic heterocycles. The first kappa shape index (κ1) is 21.6. The third-order valence-corrected chi connectivity index (χ3v) is 7.94. The van der Waals surface area contributed by atoms with Crippen molar-refractivity contribution in [3.63, 3.8) is 0 Å². The van der Waals surface area contributed by atoms with Crippen LogP contribution in [0.15, 0.2) is 29.4 Å². The summed E-state index contributed by atoms with van der Waals surface area (Å²) in [6, 6.07) is 10.4. The van der Waals surface area contributed by atoms with E-state index >= 15 is 0 Å². The predicted molar refractivity (Wildman–Crippen MR) is 125 cm³/mol. The van der Waals surface area contributed by atoms with E-state index in [4.69, 9.17) is 0 Å². The summed E-state index contributed by atoms with van der Waals surface area (Å²) >= 11 is 2.91. The van der Waals surface area contributed by atoms with Crippen molar-refractivity contribution in [3.05, 3.63) is 45.8 Å². The first-order chi connectivity index (χ1) is 15.0. The van der Waals surface area contributed by atoms with Gasteiger partial charge in [-0.3, -0.25) is 4.79 Å². The SMILES string of the molecule is CCC1CCc2c(sc(NC(=O)CSc3nnc(-c4cccc(C)c4)n3C)c2C#N)C1. The van der Waals surface area contributed by atoms with E-state index < -0.39 is 0 Å². The Labute approximate surface area is 190 Å². The van der Waals surface area contributed by atoms with Crippen LogP contribution in [0.4, 0.5) is 5.00 Å². The number of thioether (sulfide) groups is 1. The van der Waals surface area contributed by atoms with E-state index in [1.807, 2.05) is 36.7 Å². The molecule has 1 aliphatic rings. The van der Waals surface area contributed by atoms with Crippen molar-refractivity contribution in [3.8, 4) is 17.5 Å². The van der Waals surface area contributed by atoms with Crippen LogP contribution in [0.2, 0.25) is 0 Å². The molecule has 2 heterocycles. The highest BCUT2D eigenvalue weighted by atomic mass is 32.2. The van der Waals surface area contributed by atoms with Gasteiger partial charge in [-0.05, 0) is 43.7 Å². The second-order valence-electron chi connectivity index (χ2n) is 7.91. The lowest BCUT2D eigenvalue weighted by Crippen LogP contribution is -2.14. The van der Waals surface area contributed by atoms with Crippen LogP contribution in [-0.2, 0) is 24.7 Å². The Morgan fingerprint density at radius 3 is 3.00 bits per heavy atom. The van der Waals surface area contributed by atoms with Crippen LogP contribution in [0.5, 0.6) is 0 Å². The number of hydrogen-bond acceptors (Lipinski definition) is 6. The average Bonchev–Trinajstić information content (AvgIpc) is 3.30. The molecule has 31 heavy (non-hydrogen) atoms. The average molecular weight is 452 g/mol. The molecule has 4 rings (SSSR count). The van der Waals surface area contributed by atoms with Gasteiger partial charge in [0.15, 0.2) is 11.0 Å². The van der Waals surface area contributed by atoms with Crippen LogP contribution in [0.25, 0.3) is 11.4 Å². The number of rotatable bonds is 6. The lowest BCUT2D eigenvalue weighted by molar-refractivity contribution is -0.113. The molecule has 0 radical (unpaired) electrons. The van der Waals surface area contributed by atoms with Crippen molar-refractivity contribution in [1.29, 1.82) is 5.26 Å². The molecular weight excluding hydrogens is 426 g/mol. The largest absolute Gasteiger partial charge is 0.316 e. The topological polar surface area (TPSA) is 83.6 Å². The summed E-state index contributed by atoms with van der Waals surface area (Å²) in [5.74, 6) is 1.53. The van der Waals surface area contributed by atoms with Crippen molar-refractivity contribution in [2.45, 2.75) is 44.7 Å². The molecule has 1 aliphatic carbocycles. The van der Waals surface area contributed by atoms with Gasteiger partial charge in [0.2, 0.25) is 5.91 Å². The number of anilines is 1. The molecule has 1 amide bonds. The van der Waals surface area contributed by atoms with Crippen molar-refractivity contribution in [2.24, 2.45) is 13.0 Å². The maximum Gasteiger partial charge on any atom is 0.235 e. The van der Waals surface area contributed by atoms with Gasteiger partial charge in [-0.2, -0.15) is 5.26 Å². The maximum atomic E-state index is 12.6. The Morgan fingerprint density at radius 2 is 2.26 bits per heavy atom. The van der Waals surface area contributed by atoms with Gasteiger partial charge in [0.25, 0.3) is 0 Å². The van der Waals surface area contributed by atoms with Gasteiger partial charge >= 0.3 is 0 Å². The second kappa shape index (κ2) is 9.25. The number of nitrogens with zero attached hydrogens (tertiary/aromatic N) is 4. The van der Waals surface area contributed by atoms with Gasteiger partial charge in [-0.1, -0.05) is 48.9 Å². The monoisotopic (exact) mass is 451 g/mol. The third-order valence-electron chi connectivity index (χ3n) is 5.75. The molecule has 0 aliphatic heterocycles. The molecule has 0 saturated carbocycles. The molecule has 0 spiro atoms. The molecule has 1 unspecified atom stereocenters. The Hall–Kier alpha value is -2.63. The molecule has 160 valence electrons. The smallest absolute Gasteiger partial charge is 0.235 e. The van der Waals surface area contributed by atoms with Crippen molar-refractivity contribution in [1.82, 2.24) is 14.8 Å². The van der Waals surface area contributed by atoms with Crippen molar-refractivity contribution >= 4 is 34.0 Å². The van der Waals surface area contributed by atoms with E-state index in [-0.39, 0.29) is 11.7 Å². The highest BCUT2D eigenvalue weighted by Gasteiger charge is 2.26. The van der Waals surface area contributed by atoms with Crippen LogP contribution in [-0.4, -0.2) is 26.4 Å². The van der Waals surface area contributed by atoms with Crippen LogP contribution in [0.1, 0.15) is 41.3 Å². The zero-order valence-corrected chi connectivity index (χ0v) is 19.6. The van der Waals surface area contributed by atoms with Gasteiger partial charge in [-0.25, -0.2) is 0 Å². The molecule has 0 saturated heterocycles. The van der Waals surface area contributed by atoms with E-state index in [1.54, 1.807) is 11.3 Å². The van der Waals surface area contributed by atoms with E-state index in [9.17, 15) is 10.1 Å². The van der Waals surface area contributed by atoms with Crippen LogP contribution >= 0.6 is 23.1 Å². The molecule has 1 atom stereocenters. The fraction of sp³-hybridized carbons (Fsp3) is 0.391. The summed E-state index contributed by atoms with van der Waals surface area (Å²) in [6.45, 7) is 4.26. The number of nitriles is 1. The second-order valence-corrected chi connectivity index (χ2v) is 9.96. The number of benzene rings is 1. The van der Waals surface area contributed by atoms with Gasteiger partial charge in [0, 0.05) is 17.5 Å². The fourth-order valence-electron chi connectivity index (χ4n) is 3.98. The lowest BCUT2D eigenvalue weighted by atomic mass is 9.86. The minimum atomic E-state index is -0.132. The lowest BCUT2D eigenvalue weighted by Gasteiger charge is -2.20. The highest BCUT2D eigenvalue weighted by molar-refractivity contribution is 7.99. The molecule has 0 bridgehead atoms. The first-order valence-electron chi connectivity index (χ1n) is 10.4. The van der Waals surface area contributed by atoms with E-state index in [0.29, 0.717) is 21.6 Å². The van der Waals surface area contributed by atoms with Gasteiger partial charge in [-0.15, -0.1) is 21.5 Å². The van der Waals surface area contributed by atoms with E-state index in [0.717, 1.165) is 48.2 Å². The standard InChI is InChI=1S/C23H25N5OS2/c1-4-15-8-9-17-18(12-24)22(31-19(17)11-15)25-20(29)13-30-23-27-26-21(28(23)3)16-7-5-6-14(2)10-16/h5-7,10,15H,4,8-9,11,13H2,1-3H3,(H,25,29). The first-order valence-corrected chi connectivity index (χ1v) is 12.2. The molecule has 6 nitrogen and oxygen atoms in total. The molecular formula is C23H25N5OS2. The fourth-order valence-corrected chi connectivity index (χ4v) is 6.02. The Balaban J connectivity index is 1.43. The van der Waals surface area contributed by atoms with E-state index in [2.05, 4.69) is 34.6 Å². The highest BCUT2D eigenvalue weighted by Crippen LogP contribution is 2.40. The molecule has 8 heteroatoms. The van der Waals surface area contributed by atoms with Gasteiger partial charge < -0.3 is 9.88 Å². The summed E-state index contributed by atoms with van der Waals surface area (Å²) in [7, 11) is 1.91. The Morgan fingerprint density at radius 1 is 1.42 bits per heavy atom. The van der Waals surface area contributed by atoms with Gasteiger partial charge in [0.05, 0.1) is 11.3 Å². The molecule has 1 aromatic carbocycles. The molecule has 3 aromatic rings. The van der Waals surface area contributed by atoms with Crippen LogP contribution < -0.4 is 5.32 Å². The zero-order valence-electron chi connectivity index (χ0n) is 17.9. The number of carbonyl (C=O) groups is 1. The number of aryl methyl sites for hydroxylation is 1. The van der Waals surface area contributed by atoms with Crippen molar-refractivity contribution in [2.75, 3.05) is 11.1 Å². The summed E-state index contributed by atoms with van der Waals surface area (Å²) in [5, 5.41) is 22.5. The quantitative estimate of drug-likeness (QED) is 0.535. The summed E-state index contributed by atoms with van der Waals surface area (Å²) in [4.78, 5) is 13.9. The Kier molecular flexibility index (Phi) is 6.44. The third kappa shape index (κ3) is 4.53. The minimum absolute atomic E-state index is 0.132. The molecule has 0 fully saturated rings. The maximum absolute atomic E-state index is 12.6. The van der Waals surface area contributed by atoms with Crippen molar-refractivity contribution < 1.29 is 4.79 Å².